The fraction of sp³-hybridized carbons (Fsp3) is 0.214. The maximum Gasteiger partial charge on any atom is 0.337 e. The summed E-state index contributed by atoms with van der Waals surface area (Å²) in [6, 6.07) is 11.3. The van der Waals surface area contributed by atoms with Gasteiger partial charge >= 0.3 is 5.97 Å². The summed E-state index contributed by atoms with van der Waals surface area (Å²) in [6.07, 6.45) is 2.26. The van der Waals surface area contributed by atoms with Gasteiger partial charge in [0.25, 0.3) is 0 Å². The molecule has 0 spiro atoms. The molecule has 94 valence electrons. The number of rotatable bonds is 5. The highest BCUT2D eigenvalue weighted by atomic mass is 16.4. The van der Waals surface area contributed by atoms with Gasteiger partial charge in [0.1, 0.15) is 0 Å². The van der Waals surface area contributed by atoms with Crippen molar-refractivity contribution >= 4 is 5.97 Å². The molecular weight excluding hydrogens is 230 g/mol. The first-order valence-corrected chi connectivity index (χ1v) is 5.78. The highest BCUT2D eigenvalue weighted by molar-refractivity contribution is 5.89. The Labute approximate surface area is 105 Å². The maximum absolute atomic E-state index is 11.2. The molecule has 0 amide bonds. The molecule has 0 aliphatic heterocycles. The molecule has 1 heterocycles. The normalized spacial score (nSPS) is 10.5. The summed E-state index contributed by atoms with van der Waals surface area (Å²) in [6.45, 7) is 0.408. The van der Waals surface area contributed by atoms with E-state index in [2.05, 4.69) is 0 Å². The van der Waals surface area contributed by atoms with Crippen LogP contribution in [0.5, 0.6) is 0 Å². The number of hydrogen-bond donors (Lipinski definition) is 2. The molecule has 4 heteroatoms. The first kappa shape index (κ1) is 12.4. The number of carboxylic acid groups (broad SMARTS) is 1. The molecule has 0 fully saturated rings. The monoisotopic (exact) mass is 245 g/mol. The number of aromatic nitrogens is 1. The molecule has 2 N–H and O–H groups in total. The lowest BCUT2D eigenvalue weighted by molar-refractivity contribution is 0.0695. The van der Waals surface area contributed by atoms with Crippen LogP contribution in [0.25, 0.3) is 0 Å². The summed E-state index contributed by atoms with van der Waals surface area (Å²) in [5.41, 5.74) is 2.08. The van der Waals surface area contributed by atoms with Crippen LogP contribution in [0.3, 0.4) is 0 Å². The summed E-state index contributed by atoms with van der Waals surface area (Å²) >= 11 is 0. The van der Waals surface area contributed by atoms with Gasteiger partial charge in [-0.25, -0.2) is 4.79 Å². The zero-order valence-electron chi connectivity index (χ0n) is 9.91. The van der Waals surface area contributed by atoms with Gasteiger partial charge in [-0.3, -0.25) is 0 Å². The summed E-state index contributed by atoms with van der Waals surface area (Å²) < 4.78 is 1.79. The van der Waals surface area contributed by atoms with Crippen molar-refractivity contribution in [1.82, 2.24) is 4.57 Å². The number of aromatic carboxylic acids is 1. The van der Waals surface area contributed by atoms with Crippen LogP contribution in [0.1, 0.15) is 21.6 Å². The minimum absolute atomic E-state index is 0.00444. The van der Waals surface area contributed by atoms with E-state index in [0.29, 0.717) is 18.5 Å². The Morgan fingerprint density at radius 2 is 1.89 bits per heavy atom. The fourth-order valence-electron chi connectivity index (χ4n) is 2.00. The van der Waals surface area contributed by atoms with Crippen LogP contribution < -0.4 is 0 Å². The van der Waals surface area contributed by atoms with Crippen LogP contribution in [0, 0.1) is 0 Å². The van der Waals surface area contributed by atoms with Gasteiger partial charge in [0.2, 0.25) is 0 Å². The van der Waals surface area contributed by atoms with Gasteiger partial charge in [-0.2, -0.15) is 0 Å². The molecule has 0 bridgehead atoms. The molecule has 1 aromatic carbocycles. The lowest BCUT2D eigenvalue weighted by Crippen LogP contribution is -2.09. The smallest absolute Gasteiger partial charge is 0.337 e. The minimum Gasteiger partial charge on any atom is -0.478 e. The quantitative estimate of drug-likeness (QED) is 0.843. The van der Waals surface area contributed by atoms with Crippen molar-refractivity contribution in [2.24, 2.45) is 0 Å². The molecule has 18 heavy (non-hydrogen) atoms. The van der Waals surface area contributed by atoms with E-state index in [9.17, 15) is 4.79 Å². The third kappa shape index (κ3) is 2.60. The van der Waals surface area contributed by atoms with E-state index in [1.165, 1.54) is 0 Å². The molecule has 0 aliphatic carbocycles. The lowest BCUT2D eigenvalue weighted by Gasteiger charge is -2.09. The molecule has 2 aromatic rings. The molecule has 0 atom stereocenters. The molecule has 1 aromatic heterocycles. The van der Waals surface area contributed by atoms with Crippen molar-refractivity contribution in [2.75, 3.05) is 6.61 Å². The maximum atomic E-state index is 11.2. The summed E-state index contributed by atoms with van der Waals surface area (Å²) in [5, 5.41) is 18.1. The standard InChI is InChI=1S/C14H15NO3/c16-9-8-15-7-6-12(14(17)18)13(15)10-11-4-2-1-3-5-11/h1-7,16H,8-10H2,(H,17,18). The van der Waals surface area contributed by atoms with Gasteiger partial charge in [0.05, 0.1) is 12.2 Å². The fourth-order valence-corrected chi connectivity index (χ4v) is 2.00. The topological polar surface area (TPSA) is 62.5 Å². The number of carboxylic acids is 1. The van der Waals surface area contributed by atoms with Crippen molar-refractivity contribution in [3.05, 3.63) is 59.4 Å². The highest BCUT2D eigenvalue weighted by Gasteiger charge is 2.15. The Kier molecular flexibility index (Phi) is 3.79. The van der Waals surface area contributed by atoms with Crippen molar-refractivity contribution < 1.29 is 15.0 Å². The van der Waals surface area contributed by atoms with Gasteiger partial charge in [-0.1, -0.05) is 30.3 Å². The number of carbonyl (C=O) groups is 1. The number of aliphatic hydroxyl groups is 1. The molecular formula is C14H15NO3. The van der Waals surface area contributed by atoms with Crippen LogP contribution in [0.15, 0.2) is 42.6 Å². The molecule has 2 rings (SSSR count). The van der Waals surface area contributed by atoms with Gasteiger partial charge < -0.3 is 14.8 Å². The van der Waals surface area contributed by atoms with Gasteiger partial charge in [-0.05, 0) is 11.6 Å². The predicted octanol–water partition coefficient (Wildman–Crippen LogP) is 1.77. The van der Waals surface area contributed by atoms with E-state index in [-0.39, 0.29) is 6.61 Å². The second kappa shape index (κ2) is 5.51. The van der Waals surface area contributed by atoms with E-state index >= 15 is 0 Å². The molecule has 4 nitrogen and oxygen atoms in total. The number of nitrogens with zero attached hydrogens (tertiary/aromatic N) is 1. The van der Waals surface area contributed by atoms with E-state index in [4.69, 9.17) is 10.2 Å². The van der Waals surface area contributed by atoms with Crippen LogP contribution >= 0.6 is 0 Å². The number of benzene rings is 1. The number of aliphatic hydroxyl groups excluding tert-OH is 1. The first-order valence-electron chi connectivity index (χ1n) is 5.78. The van der Waals surface area contributed by atoms with E-state index < -0.39 is 5.97 Å². The second-order valence-corrected chi connectivity index (χ2v) is 4.06. The van der Waals surface area contributed by atoms with E-state index in [1.54, 1.807) is 16.8 Å². The Bertz CT molecular complexity index is 531. The largest absolute Gasteiger partial charge is 0.478 e. The lowest BCUT2D eigenvalue weighted by atomic mass is 10.1. The predicted molar refractivity (Wildman–Crippen MR) is 67.7 cm³/mol. The average molecular weight is 245 g/mol. The van der Waals surface area contributed by atoms with Crippen molar-refractivity contribution in [3.63, 3.8) is 0 Å². The molecule has 0 aliphatic rings. The van der Waals surface area contributed by atoms with Gasteiger partial charge in [-0.15, -0.1) is 0 Å². The number of hydrogen-bond acceptors (Lipinski definition) is 2. The Balaban J connectivity index is 2.34. The van der Waals surface area contributed by atoms with Gasteiger partial charge in [0.15, 0.2) is 0 Å². The minimum atomic E-state index is -0.933. The summed E-state index contributed by atoms with van der Waals surface area (Å²) in [7, 11) is 0. The SMILES string of the molecule is O=C(O)c1ccn(CCO)c1Cc1ccccc1. The zero-order valence-corrected chi connectivity index (χ0v) is 9.91. The van der Waals surface area contributed by atoms with Crippen LogP contribution in [0.4, 0.5) is 0 Å². The van der Waals surface area contributed by atoms with Crippen molar-refractivity contribution in [1.29, 1.82) is 0 Å². The van der Waals surface area contributed by atoms with Crippen LogP contribution in [0.2, 0.25) is 0 Å². The average Bonchev–Trinajstić information content (AvgIpc) is 2.74. The Morgan fingerprint density at radius 1 is 1.17 bits per heavy atom. The van der Waals surface area contributed by atoms with E-state index in [0.717, 1.165) is 11.3 Å². The summed E-state index contributed by atoms with van der Waals surface area (Å²) in [4.78, 5) is 11.2. The van der Waals surface area contributed by atoms with Gasteiger partial charge in [0, 0.05) is 24.9 Å². The van der Waals surface area contributed by atoms with Crippen molar-refractivity contribution in [3.8, 4) is 0 Å². The molecule has 0 saturated heterocycles. The highest BCUT2D eigenvalue weighted by Crippen LogP contribution is 2.16. The van der Waals surface area contributed by atoms with Crippen LogP contribution in [-0.4, -0.2) is 27.4 Å². The second-order valence-electron chi connectivity index (χ2n) is 4.06. The van der Waals surface area contributed by atoms with E-state index in [1.807, 2.05) is 30.3 Å². The molecule has 0 unspecified atom stereocenters. The third-order valence-corrected chi connectivity index (χ3v) is 2.86. The molecule has 0 radical (unpaired) electrons. The molecule has 0 saturated carbocycles. The Hall–Kier alpha value is -2.07. The van der Waals surface area contributed by atoms with Crippen LogP contribution in [-0.2, 0) is 13.0 Å². The zero-order chi connectivity index (χ0) is 13.0. The Morgan fingerprint density at radius 3 is 2.50 bits per heavy atom. The third-order valence-electron chi connectivity index (χ3n) is 2.86. The summed E-state index contributed by atoms with van der Waals surface area (Å²) in [5.74, 6) is -0.933. The van der Waals surface area contributed by atoms with Crippen molar-refractivity contribution in [2.45, 2.75) is 13.0 Å². The first-order chi connectivity index (χ1) is 8.72.